The molecule has 0 bridgehead atoms. The Kier molecular flexibility index (Phi) is 4.47. The van der Waals surface area contributed by atoms with Gasteiger partial charge >= 0.3 is 0 Å². The first-order valence-corrected chi connectivity index (χ1v) is 7.35. The smallest absolute Gasteiger partial charge is 0.242 e. The van der Waals surface area contributed by atoms with Crippen LogP contribution in [0.2, 0.25) is 0 Å². The molecule has 104 valence electrons. The summed E-state index contributed by atoms with van der Waals surface area (Å²) >= 11 is 3.52. The third-order valence-electron chi connectivity index (χ3n) is 3.70. The van der Waals surface area contributed by atoms with Crippen LogP contribution in [0.1, 0.15) is 25.5 Å². The van der Waals surface area contributed by atoms with Crippen molar-refractivity contribution in [1.82, 2.24) is 10.6 Å². The molecule has 1 aromatic carbocycles. The number of rotatable bonds is 3. The number of nitrogens with zero attached hydrogens (tertiary/aromatic N) is 1. The van der Waals surface area contributed by atoms with E-state index < -0.39 is 0 Å². The Morgan fingerprint density at radius 2 is 2.26 bits per heavy atom. The van der Waals surface area contributed by atoms with Gasteiger partial charge in [-0.15, -0.1) is 0 Å². The van der Waals surface area contributed by atoms with Gasteiger partial charge in [-0.05, 0) is 44.7 Å². The van der Waals surface area contributed by atoms with E-state index in [2.05, 4.69) is 50.5 Å². The van der Waals surface area contributed by atoms with Crippen molar-refractivity contribution in [2.24, 2.45) is 0 Å². The maximum Gasteiger partial charge on any atom is 0.242 e. The number of amides is 1. The molecule has 0 saturated carbocycles. The molecule has 19 heavy (non-hydrogen) atoms. The third-order valence-corrected chi connectivity index (χ3v) is 4.19. The predicted molar refractivity (Wildman–Crippen MR) is 81.4 cm³/mol. The Morgan fingerprint density at radius 3 is 2.95 bits per heavy atom. The summed E-state index contributed by atoms with van der Waals surface area (Å²) in [7, 11) is 1.95. The maximum absolute atomic E-state index is 11.8. The van der Waals surface area contributed by atoms with E-state index in [1.54, 1.807) is 0 Å². The van der Waals surface area contributed by atoms with Crippen molar-refractivity contribution in [2.75, 3.05) is 25.0 Å². The molecule has 2 N–H and O–H groups in total. The van der Waals surface area contributed by atoms with Crippen LogP contribution in [0.4, 0.5) is 5.69 Å². The van der Waals surface area contributed by atoms with Crippen molar-refractivity contribution in [1.29, 1.82) is 0 Å². The highest BCUT2D eigenvalue weighted by Crippen LogP contribution is 2.31. The van der Waals surface area contributed by atoms with E-state index in [-0.39, 0.29) is 18.0 Å². The first-order valence-electron chi connectivity index (χ1n) is 6.55. The van der Waals surface area contributed by atoms with E-state index in [4.69, 9.17) is 0 Å². The first-order chi connectivity index (χ1) is 9.04. The molecule has 5 heteroatoms. The molecule has 1 amide bonds. The van der Waals surface area contributed by atoms with E-state index in [1.165, 1.54) is 5.56 Å². The molecule has 0 aromatic heterocycles. The molecule has 1 saturated heterocycles. The number of hydrogen-bond acceptors (Lipinski definition) is 3. The van der Waals surface area contributed by atoms with Crippen LogP contribution in [0.15, 0.2) is 22.7 Å². The molecule has 1 aliphatic heterocycles. The van der Waals surface area contributed by atoms with Crippen molar-refractivity contribution in [3.63, 3.8) is 0 Å². The van der Waals surface area contributed by atoms with Crippen LogP contribution < -0.4 is 15.5 Å². The third kappa shape index (κ3) is 2.92. The van der Waals surface area contributed by atoms with E-state index in [0.29, 0.717) is 6.54 Å². The van der Waals surface area contributed by atoms with Crippen LogP contribution in [-0.4, -0.2) is 32.1 Å². The molecular formula is C14H20BrN3O. The van der Waals surface area contributed by atoms with Crippen molar-refractivity contribution < 1.29 is 4.79 Å². The molecule has 1 aromatic rings. The molecular weight excluding hydrogens is 306 g/mol. The summed E-state index contributed by atoms with van der Waals surface area (Å²) in [6, 6.07) is 6.35. The second-order valence-corrected chi connectivity index (χ2v) is 5.79. The number of carbonyl (C=O) groups excluding carboxylic acids is 1. The minimum absolute atomic E-state index is 0.0947. The number of carbonyl (C=O) groups is 1. The normalized spacial score (nSPS) is 21.2. The molecule has 0 spiro atoms. The van der Waals surface area contributed by atoms with E-state index >= 15 is 0 Å². The number of benzene rings is 1. The monoisotopic (exact) mass is 325 g/mol. The summed E-state index contributed by atoms with van der Waals surface area (Å²) in [4.78, 5) is 14.0. The zero-order valence-corrected chi connectivity index (χ0v) is 13.1. The Morgan fingerprint density at radius 1 is 1.53 bits per heavy atom. The standard InChI is InChI=1S/C14H20BrN3O/c1-9(16-3)12-8-11(15)4-5-13(12)18-7-6-17-14(19)10(18)2/h4-5,8-10,16H,6-7H2,1-3H3,(H,17,19). The lowest BCUT2D eigenvalue weighted by molar-refractivity contribution is -0.122. The van der Waals surface area contributed by atoms with Gasteiger partial charge in [-0.3, -0.25) is 4.79 Å². The fraction of sp³-hybridized carbons (Fsp3) is 0.500. The largest absolute Gasteiger partial charge is 0.358 e. The van der Waals surface area contributed by atoms with Gasteiger partial charge in [-0.2, -0.15) is 0 Å². The highest BCUT2D eigenvalue weighted by Gasteiger charge is 2.27. The zero-order chi connectivity index (χ0) is 14.0. The summed E-state index contributed by atoms with van der Waals surface area (Å²) in [5.74, 6) is 0.0947. The quantitative estimate of drug-likeness (QED) is 0.894. The number of hydrogen-bond donors (Lipinski definition) is 2. The number of halogens is 1. The summed E-state index contributed by atoms with van der Waals surface area (Å²) in [5.41, 5.74) is 2.34. The summed E-state index contributed by atoms with van der Waals surface area (Å²) in [6.45, 7) is 5.62. The van der Waals surface area contributed by atoms with Crippen molar-refractivity contribution in [3.05, 3.63) is 28.2 Å². The van der Waals surface area contributed by atoms with Gasteiger partial charge in [-0.1, -0.05) is 15.9 Å². The Balaban J connectivity index is 2.40. The van der Waals surface area contributed by atoms with Crippen LogP contribution in [0.5, 0.6) is 0 Å². The molecule has 0 aliphatic carbocycles. The SMILES string of the molecule is CNC(C)c1cc(Br)ccc1N1CCNC(=O)C1C. The lowest BCUT2D eigenvalue weighted by atomic mass is 10.0. The first kappa shape index (κ1) is 14.3. The minimum atomic E-state index is -0.127. The second-order valence-electron chi connectivity index (χ2n) is 4.87. The molecule has 1 fully saturated rings. The van der Waals surface area contributed by atoms with Crippen molar-refractivity contribution in [2.45, 2.75) is 25.9 Å². The van der Waals surface area contributed by atoms with Crippen molar-refractivity contribution >= 4 is 27.5 Å². The minimum Gasteiger partial charge on any atom is -0.358 e. The fourth-order valence-corrected chi connectivity index (χ4v) is 2.78. The highest BCUT2D eigenvalue weighted by molar-refractivity contribution is 9.10. The molecule has 2 unspecified atom stereocenters. The van der Waals surface area contributed by atoms with Gasteiger partial charge in [0.15, 0.2) is 0 Å². The summed E-state index contributed by atoms with van der Waals surface area (Å²) in [5, 5.41) is 6.17. The molecule has 1 heterocycles. The van der Waals surface area contributed by atoms with Gasteiger partial charge < -0.3 is 15.5 Å². The average molecular weight is 326 g/mol. The number of anilines is 1. The Hall–Kier alpha value is -1.07. The number of nitrogens with one attached hydrogen (secondary N) is 2. The maximum atomic E-state index is 11.8. The predicted octanol–water partition coefficient (Wildman–Crippen LogP) is 2.05. The lowest BCUT2D eigenvalue weighted by Gasteiger charge is -2.36. The van der Waals surface area contributed by atoms with Gasteiger partial charge in [0.25, 0.3) is 0 Å². The topological polar surface area (TPSA) is 44.4 Å². The van der Waals surface area contributed by atoms with E-state index in [0.717, 1.165) is 16.7 Å². The van der Waals surface area contributed by atoms with Crippen LogP contribution in [0, 0.1) is 0 Å². The van der Waals surface area contributed by atoms with E-state index in [1.807, 2.05) is 20.0 Å². The fourth-order valence-electron chi connectivity index (χ4n) is 2.40. The molecule has 2 atom stereocenters. The van der Waals surface area contributed by atoms with Crippen LogP contribution in [0.25, 0.3) is 0 Å². The molecule has 1 aliphatic rings. The summed E-state index contributed by atoms with van der Waals surface area (Å²) in [6.07, 6.45) is 0. The zero-order valence-electron chi connectivity index (χ0n) is 11.5. The Bertz CT molecular complexity index is 478. The van der Waals surface area contributed by atoms with Crippen LogP contribution in [0.3, 0.4) is 0 Å². The van der Waals surface area contributed by atoms with Crippen LogP contribution >= 0.6 is 15.9 Å². The summed E-state index contributed by atoms with van der Waals surface area (Å²) < 4.78 is 1.06. The Labute approximate surface area is 122 Å². The lowest BCUT2D eigenvalue weighted by Crippen LogP contribution is -2.54. The molecule has 0 radical (unpaired) electrons. The van der Waals surface area contributed by atoms with Gasteiger partial charge in [0.05, 0.1) is 0 Å². The van der Waals surface area contributed by atoms with Gasteiger partial charge in [0.2, 0.25) is 5.91 Å². The van der Waals surface area contributed by atoms with Crippen LogP contribution in [-0.2, 0) is 4.79 Å². The second kappa shape index (κ2) is 5.92. The van der Waals surface area contributed by atoms with Gasteiger partial charge in [-0.25, -0.2) is 0 Å². The highest BCUT2D eigenvalue weighted by atomic mass is 79.9. The number of piperazine rings is 1. The van der Waals surface area contributed by atoms with E-state index in [9.17, 15) is 4.79 Å². The van der Waals surface area contributed by atoms with Crippen molar-refractivity contribution in [3.8, 4) is 0 Å². The molecule has 2 rings (SSSR count). The van der Waals surface area contributed by atoms with Gasteiger partial charge in [0.1, 0.15) is 6.04 Å². The molecule has 4 nitrogen and oxygen atoms in total. The average Bonchev–Trinajstić information content (AvgIpc) is 2.41. The van der Waals surface area contributed by atoms with Gasteiger partial charge in [0, 0.05) is 29.3 Å².